The van der Waals surface area contributed by atoms with Crippen molar-refractivity contribution >= 4 is 0 Å². The van der Waals surface area contributed by atoms with Gasteiger partial charge in [-0.2, -0.15) is 5.26 Å². The summed E-state index contributed by atoms with van der Waals surface area (Å²) >= 11 is 0. The number of rotatable bonds is 3. The third-order valence-electron chi connectivity index (χ3n) is 3.18. The molecule has 4 nitrogen and oxygen atoms in total. The van der Waals surface area contributed by atoms with Crippen LogP contribution in [0.3, 0.4) is 0 Å². The first-order valence-electron chi connectivity index (χ1n) is 5.48. The zero-order valence-electron chi connectivity index (χ0n) is 10.2. The second-order valence-corrected chi connectivity index (χ2v) is 3.93. The third kappa shape index (κ3) is 1.68. The van der Waals surface area contributed by atoms with E-state index in [-0.39, 0.29) is 5.92 Å². The van der Waals surface area contributed by atoms with Gasteiger partial charge in [0.25, 0.3) is 0 Å². The Balaban J connectivity index is 2.68. The Labute approximate surface area is 101 Å². The number of fused-ring (bicyclic) bond motifs is 1. The van der Waals surface area contributed by atoms with Crippen molar-refractivity contribution in [2.75, 3.05) is 21.3 Å². The number of benzene rings is 1. The van der Waals surface area contributed by atoms with E-state index in [2.05, 4.69) is 6.07 Å². The first-order valence-corrected chi connectivity index (χ1v) is 5.48. The number of nitrogens with zero attached hydrogens (tertiary/aromatic N) is 1. The Morgan fingerprint density at radius 3 is 2.41 bits per heavy atom. The van der Waals surface area contributed by atoms with Gasteiger partial charge in [-0.1, -0.05) is 0 Å². The van der Waals surface area contributed by atoms with E-state index >= 15 is 0 Å². The van der Waals surface area contributed by atoms with E-state index in [1.54, 1.807) is 21.3 Å². The number of methoxy groups -OCH3 is 3. The van der Waals surface area contributed by atoms with Crippen molar-refractivity contribution in [1.82, 2.24) is 0 Å². The van der Waals surface area contributed by atoms with E-state index in [0.29, 0.717) is 11.5 Å². The Bertz CT molecular complexity index is 477. The topological polar surface area (TPSA) is 51.5 Å². The molecule has 0 fully saturated rings. The van der Waals surface area contributed by atoms with Crippen LogP contribution in [-0.4, -0.2) is 21.3 Å². The highest BCUT2D eigenvalue weighted by Gasteiger charge is 2.31. The molecule has 1 aliphatic carbocycles. The minimum atomic E-state index is -0.135. The number of ether oxygens (including phenoxy) is 3. The minimum absolute atomic E-state index is 0.135. The number of nitriles is 1. The van der Waals surface area contributed by atoms with Gasteiger partial charge in [-0.3, -0.25) is 0 Å². The molecular formula is C13H15NO3. The van der Waals surface area contributed by atoms with Crippen molar-refractivity contribution in [1.29, 1.82) is 5.26 Å². The fourth-order valence-electron chi connectivity index (χ4n) is 2.41. The van der Waals surface area contributed by atoms with E-state index in [4.69, 9.17) is 14.2 Å². The highest BCUT2D eigenvalue weighted by Crippen LogP contribution is 2.48. The van der Waals surface area contributed by atoms with Gasteiger partial charge >= 0.3 is 0 Å². The molecule has 1 aliphatic rings. The van der Waals surface area contributed by atoms with E-state index in [1.807, 2.05) is 6.07 Å². The standard InChI is InChI=1S/C13H15NO3/c1-15-10-6-11(16-2)13(17-3)12-8(7-14)4-5-9(10)12/h6,8H,4-5H2,1-3H3. The van der Waals surface area contributed by atoms with Crippen LogP contribution in [0.25, 0.3) is 0 Å². The molecule has 1 aromatic carbocycles. The van der Waals surface area contributed by atoms with Gasteiger partial charge < -0.3 is 14.2 Å². The van der Waals surface area contributed by atoms with Gasteiger partial charge in [-0.25, -0.2) is 0 Å². The van der Waals surface area contributed by atoms with Gasteiger partial charge in [-0.15, -0.1) is 0 Å². The van der Waals surface area contributed by atoms with Gasteiger partial charge in [0.15, 0.2) is 11.5 Å². The van der Waals surface area contributed by atoms with Crippen LogP contribution in [0.2, 0.25) is 0 Å². The van der Waals surface area contributed by atoms with Crippen LogP contribution in [0.15, 0.2) is 6.07 Å². The van der Waals surface area contributed by atoms with Crippen LogP contribution in [0.4, 0.5) is 0 Å². The third-order valence-corrected chi connectivity index (χ3v) is 3.18. The SMILES string of the molecule is COc1cc(OC)c(OC)c2c1CCC2C#N. The maximum Gasteiger partial charge on any atom is 0.165 e. The maximum atomic E-state index is 9.17. The van der Waals surface area contributed by atoms with Crippen molar-refractivity contribution in [3.63, 3.8) is 0 Å². The van der Waals surface area contributed by atoms with Crippen LogP contribution >= 0.6 is 0 Å². The summed E-state index contributed by atoms with van der Waals surface area (Å²) in [6, 6.07) is 4.12. The lowest BCUT2D eigenvalue weighted by molar-refractivity contribution is 0.345. The van der Waals surface area contributed by atoms with Gasteiger partial charge in [0.05, 0.1) is 33.3 Å². The number of hydrogen-bond donors (Lipinski definition) is 0. The molecule has 0 amide bonds. The van der Waals surface area contributed by atoms with Crippen LogP contribution < -0.4 is 14.2 Å². The summed E-state index contributed by atoms with van der Waals surface area (Å²) in [7, 11) is 4.80. The van der Waals surface area contributed by atoms with Crippen molar-refractivity contribution in [3.8, 4) is 23.3 Å². The molecule has 1 atom stereocenters. The van der Waals surface area contributed by atoms with Crippen molar-refractivity contribution < 1.29 is 14.2 Å². The largest absolute Gasteiger partial charge is 0.496 e. The average Bonchev–Trinajstić information content (AvgIpc) is 2.80. The molecule has 90 valence electrons. The molecule has 4 heteroatoms. The molecule has 2 rings (SSSR count). The molecule has 0 N–H and O–H groups in total. The first kappa shape index (κ1) is 11.6. The van der Waals surface area contributed by atoms with Crippen molar-refractivity contribution in [2.24, 2.45) is 0 Å². The molecule has 0 spiro atoms. The van der Waals surface area contributed by atoms with E-state index < -0.39 is 0 Å². The predicted octanol–water partition coefficient (Wildman–Crippen LogP) is 2.27. The van der Waals surface area contributed by atoms with Crippen LogP contribution in [0.5, 0.6) is 17.2 Å². The Kier molecular flexibility index (Phi) is 3.10. The summed E-state index contributed by atoms with van der Waals surface area (Å²) < 4.78 is 16.0. The second kappa shape index (κ2) is 4.54. The molecule has 1 unspecified atom stereocenters. The molecular weight excluding hydrogens is 218 g/mol. The fraction of sp³-hybridized carbons (Fsp3) is 0.462. The molecule has 0 aromatic heterocycles. The van der Waals surface area contributed by atoms with Gasteiger partial charge in [-0.05, 0) is 12.8 Å². The summed E-state index contributed by atoms with van der Waals surface area (Å²) in [6.07, 6.45) is 1.66. The molecule has 0 heterocycles. The predicted molar refractivity (Wildman–Crippen MR) is 62.8 cm³/mol. The van der Waals surface area contributed by atoms with E-state index in [1.165, 1.54) is 0 Å². The van der Waals surface area contributed by atoms with E-state index in [9.17, 15) is 5.26 Å². The molecule has 17 heavy (non-hydrogen) atoms. The molecule has 0 aliphatic heterocycles. The summed E-state index contributed by atoms with van der Waals surface area (Å²) in [4.78, 5) is 0. The van der Waals surface area contributed by atoms with Crippen molar-refractivity contribution in [3.05, 3.63) is 17.2 Å². The highest BCUT2D eigenvalue weighted by atomic mass is 16.5. The zero-order chi connectivity index (χ0) is 12.4. The first-order chi connectivity index (χ1) is 8.26. The van der Waals surface area contributed by atoms with Crippen molar-refractivity contribution in [2.45, 2.75) is 18.8 Å². The van der Waals surface area contributed by atoms with Gasteiger partial charge in [0.1, 0.15) is 5.75 Å². The Morgan fingerprint density at radius 1 is 1.18 bits per heavy atom. The van der Waals surface area contributed by atoms with Crippen LogP contribution in [-0.2, 0) is 6.42 Å². The summed E-state index contributed by atoms with van der Waals surface area (Å²) in [5, 5.41) is 9.17. The highest BCUT2D eigenvalue weighted by molar-refractivity contribution is 5.61. The summed E-state index contributed by atoms with van der Waals surface area (Å²) in [6.45, 7) is 0. The Morgan fingerprint density at radius 2 is 1.88 bits per heavy atom. The maximum absolute atomic E-state index is 9.17. The molecule has 0 bridgehead atoms. The van der Waals surface area contributed by atoms with E-state index in [0.717, 1.165) is 29.7 Å². The zero-order valence-corrected chi connectivity index (χ0v) is 10.2. The smallest absolute Gasteiger partial charge is 0.165 e. The average molecular weight is 233 g/mol. The summed E-state index contributed by atoms with van der Waals surface area (Å²) in [5.74, 6) is 1.91. The monoisotopic (exact) mass is 233 g/mol. The number of hydrogen-bond acceptors (Lipinski definition) is 4. The normalized spacial score (nSPS) is 17.2. The van der Waals surface area contributed by atoms with Gasteiger partial charge in [0.2, 0.25) is 0 Å². The molecule has 0 saturated carbocycles. The Hall–Kier alpha value is -1.89. The molecule has 0 saturated heterocycles. The van der Waals surface area contributed by atoms with Crippen LogP contribution in [0.1, 0.15) is 23.5 Å². The minimum Gasteiger partial charge on any atom is -0.496 e. The second-order valence-electron chi connectivity index (χ2n) is 3.93. The quantitative estimate of drug-likeness (QED) is 0.803. The molecule has 1 aromatic rings. The molecule has 0 radical (unpaired) electrons. The lowest BCUT2D eigenvalue weighted by Gasteiger charge is -2.16. The van der Waals surface area contributed by atoms with Crippen LogP contribution in [0, 0.1) is 11.3 Å². The fourth-order valence-corrected chi connectivity index (χ4v) is 2.41. The lowest BCUT2D eigenvalue weighted by Crippen LogP contribution is -2.00. The summed E-state index contributed by atoms with van der Waals surface area (Å²) in [5.41, 5.74) is 1.99. The van der Waals surface area contributed by atoms with Gasteiger partial charge in [0, 0.05) is 17.2 Å². The lowest BCUT2D eigenvalue weighted by atomic mass is 10.0.